The third kappa shape index (κ3) is 10.6. The van der Waals surface area contributed by atoms with Crippen LogP contribution in [0.2, 0.25) is 5.02 Å². The van der Waals surface area contributed by atoms with E-state index in [2.05, 4.69) is 17.1 Å². The van der Waals surface area contributed by atoms with E-state index in [1.165, 1.54) is 11.0 Å². The van der Waals surface area contributed by atoms with Gasteiger partial charge in [0, 0.05) is 63.5 Å². The molecule has 12 nitrogen and oxygen atoms in total. The first-order chi connectivity index (χ1) is 27.3. The first-order valence-electron chi connectivity index (χ1n) is 20.3. The van der Waals surface area contributed by atoms with Gasteiger partial charge in [0.1, 0.15) is 0 Å². The lowest BCUT2D eigenvalue weighted by molar-refractivity contribution is -0.148. The van der Waals surface area contributed by atoms with Crippen LogP contribution in [0.25, 0.3) is 0 Å². The van der Waals surface area contributed by atoms with E-state index in [4.69, 9.17) is 26.8 Å². The fraction of sp³-hybridized carbons (Fsp3) is 0.610. The number of nitrogens with zero attached hydrogens (tertiary/aromatic N) is 4. The SMILES string of the molecule is CCCCCCOC(=O)[C@H]1CCN(C2CCN(C(=O)[C@@H](Cc3cc(Cl)c(N)c(C(F)(F)F)c3)OC(=O)N3CCC(N4CCc5ccccc5NC4=O)CC3)CC2)C1. The van der Waals surface area contributed by atoms with Crippen molar-refractivity contribution in [1.82, 2.24) is 19.6 Å². The highest BCUT2D eigenvalue weighted by molar-refractivity contribution is 6.33. The molecule has 6 rings (SSSR count). The summed E-state index contributed by atoms with van der Waals surface area (Å²) < 4.78 is 53.1. The van der Waals surface area contributed by atoms with Crippen LogP contribution in [-0.2, 0) is 38.1 Å². The number of likely N-dealkylation sites (tertiary alicyclic amines) is 3. The zero-order valence-electron chi connectivity index (χ0n) is 32.5. The molecule has 0 unspecified atom stereocenters. The predicted octanol–water partition coefficient (Wildman–Crippen LogP) is 6.98. The summed E-state index contributed by atoms with van der Waals surface area (Å²) in [5.41, 5.74) is 5.81. The molecule has 0 saturated carbocycles. The van der Waals surface area contributed by atoms with Gasteiger partial charge in [-0.15, -0.1) is 0 Å². The number of benzene rings is 2. The maximum absolute atomic E-state index is 14.1. The van der Waals surface area contributed by atoms with E-state index in [9.17, 15) is 32.3 Å². The largest absolute Gasteiger partial charge is 0.465 e. The van der Waals surface area contributed by atoms with Crippen LogP contribution in [-0.4, -0.2) is 114 Å². The number of amides is 4. The number of ether oxygens (including phenoxy) is 2. The van der Waals surface area contributed by atoms with Gasteiger partial charge in [-0.3, -0.25) is 14.5 Å². The number of unbranched alkanes of at least 4 members (excludes halogenated alkanes) is 3. The molecule has 2 aromatic carbocycles. The van der Waals surface area contributed by atoms with Crippen LogP contribution in [0.1, 0.15) is 81.4 Å². The highest BCUT2D eigenvalue weighted by atomic mass is 35.5. The molecule has 3 fully saturated rings. The summed E-state index contributed by atoms with van der Waals surface area (Å²) in [5, 5.41) is 2.67. The van der Waals surface area contributed by atoms with Gasteiger partial charge in [-0.05, 0) is 80.8 Å². The number of nitrogen functional groups attached to an aromatic ring is 1. The molecule has 16 heteroatoms. The molecular weight excluding hydrogens is 765 g/mol. The number of fused-ring (bicyclic) bond motifs is 1. The second kappa shape index (κ2) is 19.0. The van der Waals surface area contributed by atoms with Crippen LogP contribution in [0.5, 0.6) is 0 Å². The fourth-order valence-electron chi connectivity index (χ4n) is 8.50. The summed E-state index contributed by atoms with van der Waals surface area (Å²) in [6.45, 7) is 5.68. The third-order valence-electron chi connectivity index (χ3n) is 11.8. The topological polar surface area (TPSA) is 138 Å². The normalized spacial score (nSPS) is 20.5. The highest BCUT2D eigenvalue weighted by Gasteiger charge is 2.40. The number of para-hydroxylation sites is 1. The summed E-state index contributed by atoms with van der Waals surface area (Å²) in [7, 11) is 0. The van der Waals surface area contributed by atoms with Crippen LogP contribution in [0.3, 0.4) is 0 Å². The van der Waals surface area contributed by atoms with Crippen LogP contribution in [0.4, 0.5) is 34.1 Å². The molecule has 2 aromatic rings. The average Bonchev–Trinajstić information content (AvgIpc) is 3.63. The number of urea groups is 1. The van der Waals surface area contributed by atoms with E-state index >= 15 is 0 Å². The monoisotopic (exact) mass is 818 g/mol. The molecule has 0 aromatic heterocycles. The number of nitrogens with two attached hydrogens (primary N) is 1. The number of carbonyl (C=O) groups is 4. The number of nitrogens with one attached hydrogen (secondary N) is 1. The van der Waals surface area contributed by atoms with E-state index in [1.807, 2.05) is 24.3 Å². The van der Waals surface area contributed by atoms with Crippen molar-refractivity contribution in [3.05, 3.63) is 58.1 Å². The van der Waals surface area contributed by atoms with Crippen LogP contribution >= 0.6 is 11.6 Å². The first kappa shape index (κ1) is 42.4. The summed E-state index contributed by atoms with van der Waals surface area (Å²) in [5.74, 6) is -0.855. The van der Waals surface area contributed by atoms with Crippen molar-refractivity contribution in [3.8, 4) is 0 Å². The predicted molar refractivity (Wildman–Crippen MR) is 210 cm³/mol. The number of rotatable bonds is 12. The van der Waals surface area contributed by atoms with Gasteiger partial charge in [0.15, 0.2) is 6.10 Å². The Morgan fingerprint density at radius 2 is 1.63 bits per heavy atom. The Bertz CT molecular complexity index is 1750. The Kier molecular flexibility index (Phi) is 14.1. The van der Waals surface area contributed by atoms with E-state index in [0.29, 0.717) is 71.3 Å². The number of hydrogen-bond acceptors (Lipinski definition) is 8. The molecule has 4 heterocycles. The zero-order chi connectivity index (χ0) is 40.7. The number of hydrogen-bond donors (Lipinski definition) is 2. The Morgan fingerprint density at radius 3 is 2.35 bits per heavy atom. The van der Waals surface area contributed by atoms with Crippen molar-refractivity contribution >= 4 is 47.0 Å². The summed E-state index contributed by atoms with van der Waals surface area (Å²) in [6.07, 6.45) is 0.440. The maximum Gasteiger partial charge on any atom is 0.418 e. The van der Waals surface area contributed by atoms with E-state index in [1.54, 1.807) is 9.80 Å². The Hall–Kier alpha value is -4.24. The van der Waals surface area contributed by atoms with Crippen molar-refractivity contribution in [2.24, 2.45) is 5.92 Å². The molecule has 0 spiro atoms. The van der Waals surface area contributed by atoms with Crippen molar-refractivity contribution in [3.63, 3.8) is 0 Å². The minimum absolute atomic E-state index is 0.0507. The van der Waals surface area contributed by atoms with Gasteiger partial charge in [-0.1, -0.05) is 56.0 Å². The molecule has 0 bridgehead atoms. The smallest absolute Gasteiger partial charge is 0.418 e. The molecule has 0 radical (unpaired) electrons. The van der Waals surface area contributed by atoms with Gasteiger partial charge < -0.3 is 35.2 Å². The molecular formula is C41H54ClF3N6O6. The summed E-state index contributed by atoms with van der Waals surface area (Å²) >= 11 is 6.14. The molecule has 0 aliphatic carbocycles. The van der Waals surface area contributed by atoms with Crippen molar-refractivity contribution in [1.29, 1.82) is 0 Å². The van der Waals surface area contributed by atoms with Gasteiger partial charge in [-0.2, -0.15) is 13.2 Å². The lowest BCUT2D eigenvalue weighted by Gasteiger charge is -2.39. The van der Waals surface area contributed by atoms with Gasteiger partial charge in [0.05, 0.1) is 28.8 Å². The number of carbonyl (C=O) groups excluding carboxylic acids is 4. The molecule has 4 aliphatic heterocycles. The van der Waals surface area contributed by atoms with Gasteiger partial charge in [0.25, 0.3) is 5.91 Å². The van der Waals surface area contributed by atoms with Crippen molar-refractivity contribution in [2.75, 3.05) is 63.5 Å². The van der Waals surface area contributed by atoms with E-state index in [-0.39, 0.29) is 60.1 Å². The number of esters is 1. The summed E-state index contributed by atoms with van der Waals surface area (Å²) in [6, 6.07) is 9.60. The lowest BCUT2D eigenvalue weighted by Crippen LogP contribution is -2.52. The second-order valence-electron chi connectivity index (χ2n) is 15.6. The zero-order valence-corrected chi connectivity index (χ0v) is 33.3. The van der Waals surface area contributed by atoms with E-state index in [0.717, 1.165) is 49.5 Å². The first-order valence-corrected chi connectivity index (χ1v) is 20.7. The van der Waals surface area contributed by atoms with E-state index < -0.39 is 35.5 Å². The van der Waals surface area contributed by atoms with Crippen molar-refractivity contribution in [2.45, 2.75) is 102 Å². The Labute approximate surface area is 337 Å². The van der Waals surface area contributed by atoms with Crippen LogP contribution in [0, 0.1) is 5.92 Å². The van der Waals surface area contributed by atoms with Gasteiger partial charge in [-0.25, -0.2) is 9.59 Å². The van der Waals surface area contributed by atoms with Crippen LogP contribution < -0.4 is 11.1 Å². The Balaban J connectivity index is 1.07. The molecule has 2 atom stereocenters. The molecule has 312 valence electrons. The highest BCUT2D eigenvalue weighted by Crippen LogP contribution is 2.38. The minimum Gasteiger partial charge on any atom is -0.465 e. The number of halogens is 4. The summed E-state index contributed by atoms with van der Waals surface area (Å²) in [4.78, 5) is 60.8. The standard InChI is InChI=1S/C41H54ClF3N6O6/c1-2-3-4-7-22-56-38(53)29-10-16-50(26-29)30-12-17-48(18-13-30)37(52)35(25-27-23-32(41(43,44)45)36(46)33(42)24-27)57-40(55)49-19-14-31(15-20-49)51-21-11-28-8-5-6-9-34(28)47-39(51)54/h5-6,8-9,23-24,29-31,35H,2-4,7,10-22,25-26,46H2,1H3,(H,47,54)/t29-,35+/m0/s1. The van der Waals surface area contributed by atoms with Gasteiger partial charge >= 0.3 is 24.3 Å². The van der Waals surface area contributed by atoms with Gasteiger partial charge in [0.2, 0.25) is 0 Å². The molecule has 4 amide bonds. The molecule has 57 heavy (non-hydrogen) atoms. The quantitative estimate of drug-likeness (QED) is 0.133. The number of alkyl halides is 3. The minimum atomic E-state index is -4.79. The third-order valence-corrected chi connectivity index (χ3v) is 12.1. The number of piperidine rings is 2. The molecule has 3 N–H and O–H groups in total. The fourth-order valence-corrected chi connectivity index (χ4v) is 8.74. The average molecular weight is 819 g/mol. The molecule has 3 saturated heterocycles. The second-order valence-corrected chi connectivity index (χ2v) is 16.0. The molecule has 4 aliphatic rings. The lowest BCUT2D eigenvalue weighted by atomic mass is 10.00. The maximum atomic E-state index is 14.1. The van der Waals surface area contributed by atoms with Crippen LogP contribution in [0.15, 0.2) is 36.4 Å². The number of anilines is 2. The Morgan fingerprint density at radius 1 is 0.930 bits per heavy atom. The van der Waals surface area contributed by atoms with Crippen molar-refractivity contribution < 1.29 is 41.8 Å².